The quantitative estimate of drug-likeness (QED) is 0.673. The van der Waals surface area contributed by atoms with Crippen molar-refractivity contribution in [2.45, 2.75) is 6.04 Å². The number of halogens is 3. The van der Waals surface area contributed by atoms with Gasteiger partial charge < -0.3 is 0 Å². The minimum atomic E-state index is -0.629. The van der Waals surface area contributed by atoms with Gasteiger partial charge in [0.2, 0.25) is 0 Å². The second-order valence-electron chi connectivity index (χ2n) is 3.64. The molecule has 3 nitrogen and oxygen atoms in total. The van der Waals surface area contributed by atoms with Crippen molar-refractivity contribution in [3.05, 3.63) is 63.6 Å². The fraction of sp³-hybridized carbons (Fsp3) is 0.0833. The van der Waals surface area contributed by atoms with Crippen molar-refractivity contribution in [1.29, 1.82) is 0 Å². The lowest BCUT2D eigenvalue weighted by molar-refractivity contribution is 0.553. The van der Waals surface area contributed by atoms with Crippen LogP contribution >= 0.6 is 23.2 Å². The van der Waals surface area contributed by atoms with Crippen molar-refractivity contribution in [3.8, 4) is 0 Å². The Bertz CT molecular complexity index is 563. The normalized spacial score (nSPS) is 12.4. The topological polar surface area (TPSA) is 50.9 Å². The largest absolute Gasteiger partial charge is 0.271 e. The third-order valence-electron chi connectivity index (χ3n) is 2.50. The van der Waals surface area contributed by atoms with E-state index in [1.165, 1.54) is 6.07 Å². The number of nitrogens with one attached hydrogen (secondary N) is 1. The fourth-order valence-corrected chi connectivity index (χ4v) is 2.05. The minimum absolute atomic E-state index is 0.319. The number of hydrazine groups is 1. The van der Waals surface area contributed by atoms with Gasteiger partial charge >= 0.3 is 0 Å². The predicted molar refractivity (Wildman–Crippen MR) is 69.8 cm³/mol. The Morgan fingerprint density at radius 1 is 1.28 bits per heavy atom. The molecule has 18 heavy (non-hydrogen) atoms. The molecule has 1 aromatic heterocycles. The average Bonchev–Trinajstić information content (AvgIpc) is 2.34. The van der Waals surface area contributed by atoms with Crippen LogP contribution in [-0.2, 0) is 0 Å². The molecular formula is C12H10Cl2FN3. The Morgan fingerprint density at radius 3 is 2.67 bits per heavy atom. The molecule has 0 aliphatic rings. The molecule has 0 fully saturated rings. The molecule has 2 rings (SSSR count). The highest BCUT2D eigenvalue weighted by atomic mass is 35.5. The maximum Gasteiger partial charge on any atom is 0.129 e. The van der Waals surface area contributed by atoms with Crippen molar-refractivity contribution in [2.24, 2.45) is 5.84 Å². The first kappa shape index (κ1) is 13.2. The third-order valence-corrected chi connectivity index (χ3v) is 3.06. The van der Waals surface area contributed by atoms with Gasteiger partial charge in [-0.15, -0.1) is 0 Å². The molecule has 1 heterocycles. The van der Waals surface area contributed by atoms with E-state index in [9.17, 15) is 4.39 Å². The molecule has 0 aliphatic carbocycles. The van der Waals surface area contributed by atoms with Crippen LogP contribution in [0.5, 0.6) is 0 Å². The minimum Gasteiger partial charge on any atom is -0.271 e. The van der Waals surface area contributed by atoms with Gasteiger partial charge in [0.05, 0.1) is 16.8 Å². The number of pyridine rings is 1. The number of hydrogen-bond acceptors (Lipinski definition) is 3. The van der Waals surface area contributed by atoms with Gasteiger partial charge in [0.15, 0.2) is 0 Å². The van der Waals surface area contributed by atoms with E-state index in [0.717, 1.165) is 0 Å². The van der Waals surface area contributed by atoms with E-state index >= 15 is 0 Å². The molecule has 0 aliphatic heterocycles. The first-order chi connectivity index (χ1) is 8.63. The molecule has 1 aromatic carbocycles. The van der Waals surface area contributed by atoms with Crippen molar-refractivity contribution in [2.75, 3.05) is 0 Å². The van der Waals surface area contributed by atoms with Crippen LogP contribution < -0.4 is 11.3 Å². The summed E-state index contributed by atoms with van der Waals surface area (Å²) in [6.07, 6.45) is 1.57. The van der Waals surface area contributed by atoms with E-state index in [2.05, 4.69) is 10.4 Å². The number of nitrogens with zero attached hydrogens (tertiary/aromatic N) is 1. The third kappa shape index (κ3) is 2.62. The molecule has 1 unspecified atom stereocenters. The van der Waals surface area contributed by atoms with Crippen LogP contribution in [0.15, 0.2) is 36.5 Å². The SMILES string of the molecule is NNC(c1ccc(Cl)cc1F)c1ncccc1Cl. The summed E-state index contributed by atoms with van der Waals surface area (Å²) in [5.41, 5.74) is 3.30. The molecule has 0 spiro atoms. The lowest BCUT2D eigenvalue weighted by atomic mass is 10.0. The van der Waals surface area contributed by atoms with Gasteiger partial charge in [-0.3, -0.25) is 10.8 Å². The van der Waals surface area contributed by atoms with Gasteiger partial charge in [0.25, 0.3) is 0 Å². The number of rotatable bonds is 3. The van der Waals surface area contributed by atoms with Crippen molar-refractivity contribution in [3.63, 3.8) is 0 Å². The summed E-state index contributed by atoms with van der Waals surface area (Å²) in [6.45, 7) is 0. The van der Waals surface area contributed by atoms with E-state index in [1.807, 2.05) is 0 Å². The summed E-state index contributed by atoms with van der Waals surface area (Å²) in [5, 5.41) is 0.730. The Morgan fingerprint density at radius 2 is 2.06 bits per heavy atom. The first-order valence-corrected chi connectivity index (χ1v) is 5.90. The lowest BCUT2D eigenvalue weighted by Gasteiger charge is -2.17. The van der Waals surface area contributed by atoms with Crippen LogP contribution in [0, 0.1) is 5.82 Å². The van der Waals surface area contributed by atoms with Gasteiger partial charge in [-0.2, -0.15) is 0 Å². The maximum absolute atomic E-state index is 13.9. The van der Waals surface area contributed by atoms with Crippen LogP contribution in [0.3, 0.4) is 0 Å². The summed E-state index contributed by atoms with van der Waals surface area (Å²) in [4.78, 5) is 4.12. The zero-order valence-corrected chi connectivity index (χ0v) is 10.7. The summed E-state index contributed by atoms with van der Waals surface area (Å²) >= 11 is 11.7. The van der Waals surface area contributed by atoms with E-state index in [0.29, 0.717) is 21.3 Å². The van der Waals surface area contributed by atoms with Crippen molar-refractivity contribution >= 4 is 23.2 Å². The summed E-state index contributed by atoms with van der Waals surface area (Å²) < 4.78 is 13.9. The van der Waals surface area contributed by atoms with E-state index in [1.54, 1.807) is 30.5 Å². The molecule has 0 saturated carbocycles. The van der Waals surface area contributed by atoms with Crippen molar-refractivity contribution < 1.29 is 4.39 Å². The van der Waals surface area contributed by atoms with Crippen LogP contribution in [0.1, 0.15) is 17.3 Å². The first-order valence-electron chi connectivity index (χ1n) is 5.15. The van der Waals surface area contributed by atoms with Crippen LogP contribution in [-0.4, -0.2) is 4.98 Å². The molecule has 1 atom stereocenters. The number of hydrogen-bond donors (Lipinski definition) is 2. The average molecular weight is 286 g/mol. The summed E-state index contributed by atoms with van der Waals surface area (Å²) in [6, 6.07) is 7.09. The summed E-state index contributed by atoms with van der Waals surface area (Å²) in [7, 11) is 0. The molecule has 0 amide bonds. The Kier molecular flexibility index (Phi) is 4.14. The molecule has 6 heteroatoms. The fourth-order valence-electron chi connectivity index (χ4n) is 1.66. The van der Waals surface area contributed by atoms with Crippen molar-refractivity contribution in [1.82, 2.24) is 10.4 Å². The highest BCUT2D eigenvalue weighted by Crippen LogP contribution is 2.28. The summed E-state index contributed by atoms with van der Waals surface area (Å²) in [5.74, 6) is 5.00. The second kappa shape index (κ2) is 5.63. The van der Waals surface area contributed by atoms with Gasteiger partial charge in [0, 0.05) is 16.8 Å². The van der Waals surface area contributed by atoms with Gasteiger partial charge in [-0.25, -0.2) is 9.82 Å². The van der Waals surface area contributed by atoms with E-state index in [-0.39, 0.29) is 0 Å². The highest BCUT2D eigenvalue weighted by molar-refractivity contribution is 6.31. The smallest absolute Gasteiger partial charge is 0.129 e. The number of nitrogens with two attached hydrogens (primary N) is 1. The molecule has 0 radical (unpaired) electrons. The van der Waals surface area contributed by atoms with Crippen LogP contribution in [0.25, 0.3) is 0 Å². The van der Waals surface area contributed by atoms with Gasteiger partial charge in [0.1, 0.15) is 5.82 Å². The molecule has 2 aromatic rings. The van der Waals surface area contributed by atoms with E-state index in [4.69, 9.17) is 29.0 Å². The number of aromatic nitrogens is 1. The standard InChI is InChI=1S/C12H10Cl2FN3/c13-7-3-4-8(10(15)6-7)11(18-16)12-9(14)2-1-5-17-12/h1-6,11,18H,16H2. The lowest BCUT2D eigenvalue weighted by Crippen LogP contribution is -2.30. The Hall–Kier alpha value is -1.20. The molecule has 0 bridgehead atoms. The monoisotopic (exact) mass is 285 g/mol. The van der Waals surface area contributed by atoms with Crippen LogP contribution in [0.2, 0.25) is 10.0 Å². The molecule has 3 N–H and O–H groups in total. The molecule has 0 saturated heterocycles. The van der Waals surface area contributed by atoms with E-state index < -0.39 is 11.9 Å². The molecule has 94 valence electrons. The Labute approximate surface area is 114 Å². The van der Waals surface area contributed by atoms with Crippen LogP contribution in [0.4, 0.5) is 4.39 Å². The number of benzene rings is 1. The van der Waals surface area contributed by atoms with Gasteiger partial charge in [-0.05, 0) is 24.3 Å². The zero-order valence-electron chi connectivity index (χ0n) is 9.20. The Balaban J connectivity index is 2.49. The highest BCUT2D eigenvalue weighted by Gasteiger charge is 2.20. The second-order valence-corrected chi connectivity index (χ2v) is 4.48. The molecular weight excluding hydrogens is 276 g/mol. The zero-order chi connectivity index (χ0) is 13.1. The predicted octanol–water partition coefficient (Wildman–Crippen LogP) is 3.08. The maximum atomic E-state index is 13.9. The van der Waals surface area contributed by atoms with Gasteiger partial charge in [-0.1, -0.05) is 29.3 Å².